The maximum Gasteiger partial charge on any atom is 0.263 e. The summed E-state index contributed by atoms with van der Waals surface area (Å²) in [5, 5.41) is 11.7. The topological polar surface area (TPSA) is 84.1 Å². The molecule has 3 rings (SSSR count). The Morgan fingerprint density at radius 3 is 2.73 bits per heavy atom. The average molecular weight is 369 g/mol. The fourth-order valence-electron chi connectivity index (χ4n) is 2.34. The molecule has 0 atom stereocenters. The van der Waals surface area contributed by atoms with Crippen LogP contribution in [-0.2, 0) is 16.0 Å². The first kappa shape index (κ1) is 17.9. The molecule has 0 saturated carbocycles. The molecule has 0 fully saturated rings. The van der Waals surface area contributed by atoms with Gasteiger partial charge in [0.05, 0.1) is 10.6 Å². The number of nitrogens with zero attached hydrogens (tertiary/aromatic N) is 1. The SMILES string of the molecule is CC(=O)CCc1ccc(OCC(=O)Nc2cc(-c3cccs3)[nH]n2)cc1. The Balaban J connectivity index is 1.47. The zero-order chi connectivity index (χ0) is 18.4. The van der Waals surface area contributed by atoms with Crippen LogP contribution < -0.4 is 10.1 Å². The summed E-state index contributed by atoms with van der Waals surface area (Å²) >= 11 is 1.59. The van der Waals surface area contributed by atoms with Crippen molar-refractivity contribution in [2.45, 2.75) is 19.8 Å². The number of carbonyl (C=O) groups is 2. The van der Waals surface area contributed by atoms with Gasteiger partial charge in [0.15, 0.2) is 12.4 Å². The van der Waals surface area contributed by atoms with Gasteiger partial charge in [-0.1, -0.05) is 18.2 Å². The van der Waals surface area contributed by atoms with Crippen LogP contribution in [0.5, 0.6) is 5.75 Å². The molecule has 0 saturated heterocycles. The fraction of sp³-hybridized carbons (Fsp3) is 0.211. The quantitative estimate of drug-likeness (QED) is 0.634. The number of thiophene rings is 1. The number of benzene rings is 1. The predicted molar refractivity (Wildman–Crippen MR) is 101 cm³/mol. The van der Waals surface area contributed by atoms with Crippen LogP contribution in [0.4, 0.5) is 5.82 Å². The van der Waals surface area contributed by atoms with Gasteiger partial charge in [0, 0.05) is 12.5 Å². The van der Waals surface area contributed by atoms with Crippen molar-refractivity contribution in [3.8, 4) is 16.3 Å². The summed E-state index contributed by atoms with van der Waals surface area (Å²) < 4.78 is 5.48. The Bertz CT molecular complexity index is 870. The third-order valence-electron chi connectivity index (χ3n) is 3.69. The lowest BCUT2D eigenvalue weighted by Gasteiger charge is -2.07. The van der Waals surface area contributed by atoms with Crippen molar-refractivity contribution < 1.29 is 14.3 Å². The maximum atomic E-state index is 12.0. The van der Waals surface area contributed by atoms with Gasteiger partial charge in [-0.2, -0.15) is 5.10 Å². The van der Waals surface area contributed by atoms with Crippen molar-refractivity contribution in [2.24, 2.45) is 0 Å². The van der Waals surface area contributed by atoms with Crippen LogP contribution >= 0.6 is 11.3 Å². The second-order valence-corrected chi connectivity index (χ2v) is 6.77. The first-order valence-electron chi connectivity index (χ1n) is 8.20. The van der Waals surface area contributed by atoms with E-state index in [2.05, 4.69) is 15.5 Å². The van der Waals surface area contributed by atoms with Gasteiger partial charge in [0.1, 0.15) is 11.5 Å². The number of hydrogen-bond acceptors (Lipinski definition) is 5. The van der Waals surface area contributed by atoms with Crippen LogP contribution in [0.2, 0.25) is 0 Å². The number of Topliss-reactive ketones (excluding diaryl/α,β-unsaturated/α-hetero) is 1. The summed E-state index contributed by atoms with van der Waals surface area (Å²) in [6.45, 7) is 1.48. The normalized spacial score (nSPS) is 10.5. The van der Waals surface area contributed by atoms with Crippen molar-refractivity contribution in [3.63, 3.8) is 0 Å². The number of carbonyl (C=O) groups excluding carboxylic acids is 2. The molecule has 0 spiro atoms. The van der Waals surface area contributed by atoms with E-state index in [1.165, 1.54) is 0 Å². The number of nitrogens with one attached hydrogen (secondary N) is 2. The van der Waals surface area contributed by atoms with Crippen molar-refractivity contribution >= 4 is 28.8 Å². The molecule has 3 aromatic rings. The number of aryl methyl sites for hydroxylation is 1. The van der Waals surface area contributed by atoms with E-state index in [0.717, 1.165) is 16.1 Å². The monoisotopic (exact) mass is 369 g/mol. The van der Waals surface area contributed by atoms with Crippen molar-refractivity contribution in [2.75, 3.05) is 11.9 Å². The minimum absolute atomic E-state index is 0.103. The summed E-state index contributed by atoms with van der Waals surface area (Å²) in [4.78, 5) is 24.1. The van der Waals surface area contributed by atoms with Gasteiger partial charge >= 0.3 is 0 Å². The number of amides is 1. The van der Waals surface area contributed by atoms with E-state index in [4.69, 9.17) is 4.74 Å². The molecule has 0 aliphatic heterocycles. The molecule has 2 aromatic heterocycles. The van der Waals surface area contributed by atoms with Gasteiger partial charge < -0.3 is 14.8 Å². The van der Waals surface area contributed by atoms with Gasteiger partial charge in [0.2, 0.25) is 0 Å². The predicted octanol–water partition coefficient (Wildman–Crippen LogP) is 3.68. The molecule has 0 bridgehead atoms. The third-order valence-corrected chi connectivity index (χ3v) is 4.59. The number of anilines is 1. The lowest BCUT2D eigenvalue weighted by atomic mass is 10.1. The van der Waals surface area contributed by atoms with Crippen molar-refractivity contribution in [1.82, 2.24) is 10.2 Å². The summed E-state index contributed by atoms with van der Waals surface area (Å²) in [6.07, 6.45) is 1.24. The molecule has 2 N–H and O–H groups in total. The van der Waals surface area contributed by atoms with E-state index in [1.54, 1.807) is 36.5 Å². The van der Waals surface area contributed by atoms with Crippen LogP contribution in [0.1, 0.15) is 18.9 Å². The van der Waals surface area contributed by atoms with Crippen LogP contribution in [0.15, 0.2) is 47.8 Å². The molecule has 0 aliphatic carbocycles. The molecule has 0 unspecified atom stereocenters. The zero-order valence-corrected chi connectivity index (χ0v) is 15.1. The lowest BCUT2D eigenvalue weighted by Crippen LogP contribution is -2.20. The van der Waals surface area contributed by atoms with E-state index < -0.39 is 0 Å². The Morgan fingerprint density at radius 2 is 2.04 bits per heavy atom. The third kappa shape index (κ3) is 5.03. The highest BCUT2D eigenvalue weighted by atomic mass is 32.1. The smallest absolute Gasteiger partial charge is 0.263 e. The van der Waals surface area contributed by atoms with Gasteiger partial charge in [-0.25, -0.2) is 0 Å². The van der Waals surface area contributed by atoms with E-state index in [-0.39, 0.29) is 18.3 Å². The van der Waals surface area contributed by atoms with E-state index >= 15 is 0 Å². The number of rotatable bonds is 8. The standard InChI is InChI=1S/C19H19N3O3S/c1-13(23)4-5-14-6-8-15(9-7-14)25-12-19(24)20-18-11-16(21-22-18)17-3-2-10-26-17/h2-3,6-11H,4-5,12H2,1H3,(H2,20,21,22,24). The number of aromatic nitrogens is 2. The summed E-state index contributed by atoms with van der Waals surface area (Å²) in [5.74, 6) is 0.951. The van der Waals surface area contributed by atoms with E-state index in [1.807, 2.05) is 29.6 Å². The highest BCUT2D eigenvalue weighted by Gasteiger charge is 2.09. The molecule has 1 aromatic carbocycles. The first-order valence-corrected chi connectivity index (χ1v) is 9.08. The minimum atomic E-state index is -0.283. The molecule has 6 nitrogen and oxygen atoms in total. The number of aromatic amines is 1. The first-order chi connectivity index (χ1) is 12.6. The van der Waals surface area contributed by atoms with Gasteiger partial charge in [-0.15, -0.1) is 11.3 Å². The van der Waals surface area contributed by atoms with Crippen LogP contribution in [0, 0.1) is 0 Å². The molecule has 7 heteroatoms. The average Bonchev–Trinajstić information content (AvgIpc) is 3.30. The van der Waals surface area contributed by atoms with Gasteiger partial charge in [0.25, 0.3) is 5.91 Å². The summed E-state index contributed by atoms with van der Waals surface area (Å²) in [5.41, 5.74) is 1.92. The lowest BCUT2D eigenvalue weighted by molar-refractivity contribution is -0.118. The second-order valence-electron chi connectivity index (χ2n) is 5.83. The Hall–Kier alpha value is -2.93. The number of hydrogen-bond donors (Lipinski definition) is 2. The number of H-pyrrole nitrogens is 1. The van der Waals surface area contributed by atoms with Crippen LogP contribution in [0.3, 0.4) is 0 Å². The van der Waals surface area contributed by atoms with Crippen molar-refractivity contribution in [3.05, 3.63) is 53.4 Å². The highest BCUT2D eigenvalue weighted by molar-refractivity contribution is 7.13. The number of ether oxygens (including phenoxy) is 1. The Morgan fingerprint density at radius 1 is 1.23 bits per heavy atom. The van der Waals surface area contributed by atoms with Crippen LogP contribution in [-0.4, -0.2) is 28.5 Å². The fourth-order valence-corrected chi connectivity index (χ4v) is 3.04. The van der Waals surface area contributed by atoms with Crippen LogP contribution in [0.25, 0.3) is 10.6 Å². The zero-order valence-electron chi connectivity index (χ0n) is 14.3. The number of ketones is 1. The maximum absolute atomic E-state index is 12.0. The van der Waals surface area contributed by atoms with Crippen molar-refractivity contribution in [1.29, 1.82) is 0 Å². The summed E-state index contributed by atoms with van der Waals surface area (Å²) in [7, 11) is 0. The summed E-state index contributed by atoms with van der Waals surface area (Å²) in [6, 6.07) is 13.1. The molecule has 0 aliphatic rings. The molecule has 2 heterocycles. The molecule has 1 amide bonds. The minimum Gasteiger partial charge on any atom is -0.484 e. The van der Waals surface area contributed by atoms with Gasteiger partial charge in [-0.05, 0) is 42.5 Å². The molecule has 0 radical (unpaired) electrons. The van der Waals surface area contributed by atoms with E-state index in [0.29, 0.717) is 24.4 Å². The van der Waals surface area contributed by atoms with E-state index in [9.17, 15) is 9.59 Å². The Labute approximate surface area is 155 Å². The van der Waals surface area contributed by atoms with Gasteiger partial charge in [-0.3, -0.25) is 9.89 Å². The second kappa shape index (κ2) is 8.44. The highest BCUT2D eigenvalue weighted by Crippen LogP contribution is 2.24. The largest absolute Gasteiger partial charge is 0.484 e. The molecule has 134 valence electrons. The molecular weight excluding hydrogens is 350 g/mol. The molecular formula is C19H19N3O3S. The molecule has 26 heavy (non-hydrogen) atoms. The Kier molecular flexibility index (Phi) is 5.80.